The first-order chi connectivity index (χ1) is 13.6. The van der Waals surface area contributed by atoms with Gasteiger partial charge in [0.15, 0.2) is 0 Å². The molecule has 0 radical (unpaired) electrons. The molecule has 2 saturated heterocycles. The second-order valence-corrected chi connectivity index (χ2v) is 7.66. The molecule has 0 spiro atoms. The Hall–Kier alpha value is -2.15. The maximum atomic E-state index is 13.1. The number of hydrogen-bond acceptors (Lipinski definition) is 5. The molecule has 0 N–H and O–H groups in total. The predicted octanol–water partition coefficient (Wildman–Crippen LogP) is 2.88. The van der Waals surface area contributed by atoms with E-state index in [1.54, 1.807) is 18.1 Å². The Kier molecular flexibility index (Phi) is 7.25. The zero-order valence-electron chi connectivity index (χ0n) is 16.9. The highest BCUT2D eigenvalue weighted by molar-refractivity contribution is 5.92. The highest BCUT2D eigenvalue weighted by atomic mass is 16.6. The molecule has 1 aromatic rings. The van der Waals surface area contributed by atoms with Gasteiger partial charge in [-0.15, -0.1) is 0 Å². The number of amides is 2. The van der Waals surface area contributed by atoms with Crippen molar-refractivity contribution in [2.24, 2.45) is 5.92 Å². The number of hydrogen-bond donors (Lipinski definition) is 0. The van der Waals surface area contributed by atoms with Crippen LogP contribution in [0.4, 0.5) is 4.79 Å². The van der Waals surface area contributed by atoms with E-state index in [0.29, 0.717) is 31.3 Å². The van der Waals surface area contributed by atoms with Gasteiger partial charge in [-0.25, -0.2) is 9.78 Å². The molecule has 1 aromatic heterocycles. The van der Waals surface area contributed by atoms with Gasteiger partial charge in [0.2, 0.25) is 0 Å². The van der Waals surface area contributed by atoms with Crippen LogP contribution in [0.2, 0.25) is 0 Å². The fraction of sp³-hybridized carbons (Fsp3) is 0.667. The Labute approximate surface area is 167 Å². The van der Waals surface area contributed by atoms with Gasteiger partial charge in [-0.3, -0.25) is 4.79 Å². The summed E-state index contributed by atoms with van der Waals surface area (Å²) in [4.78, 5) is 33.4. The lowest BCUT2D eigenvalue weighted by atomic mass is 9.83. The molecule has 1 atom stereocenters. The standard InChI is InChI=1S/C21H31N3O4/c1-16-6-5-7-18(22-16)20(25)24-11-4-3-8-19(24)17-9-12-23(13-10-17)21(26)28-15-14-27-2/h5-7,17,19H,3-4,8-15H2,1-2H3. The van der Waals surface area contributed by atoms with Crippen molar-refractivity contribution < 1.29 is 19.1 Å². The molecule has 0 bridgehead atoms. The Morgan fingerprint density at radius 1 is 1.11 bits per heavy atom. The van der Waals surface area contributed by atoms with E-state index < -0.39 is 0 Å². The van der Waals surface area contributed by atoms with Crippen molar-refractivity contribution in [1.29, 1.82) is 0 Å². The van der Waals surface area contributed by atoms with Gasteiger partial charge >= 0.3 is 6.09 Å². The SMILES string of the molecule is COCCOC(=O)N1CCC(C2CCCCN2C(=O)c2cccc(C)n2)CC1. The summed E-state index contributed by atoms with van der Waals surface area (Å²) in [5, 5.41) is 0. The van der Waals surface area contributed by atoms with E-state index in [9.17, 15) is 9.59 Å². The number of aryl methyl sites for hydroxylation is 1. The van der Waals surface area contributed by atoms with E-state index in [4.69, 9.17) is 9.47 Å². The van der Waals surface area contributed by atoms with Crippen LogP contribution >= 0.6 is 0 Å². The van der Waals surface area contributed by atoms with Crippen molar-refractivity contribution in [3.05, 3.63) is 29.6 Å². The lowest BCUT2D eigenvalue weighted by Crippen LogP contribution is -2.51. The fourth-order valence-electron chi connectivity index (χ4n) is 4.28. The lowest BCUT2D eigenvalue weighted by Gasteiger charge is -2.43. The number of carbonyl (C=O) groups is 2. The van der Waals surface area contributed by atoms with E-state index in [0.717, 1.165) is 44.3 Å². The van der Waals surface area contributed by atoms with Crippen molar-refractivity contribution in [3.8, 4) is 0 Å². The van der Waals surface area contributed by atoms with Crippen LogP contribution in [0.1, 0.15) is 48.3 Å². The molecule has 2 fully saturated rings. The van der Waals surface area contributed by atoms with Crippen molar-refractivity contribution in [2.45, 2.75) is 45.1 Å². The van der Waals surface area contributed by atoms with E-state index >= 15 is 0 Å². The van der Waals surface area contributed by atoms with Gasteiger partial charge in [0.25, 0.3) is 5.91 Å². The number of ether oxygens (including phenoxy) is 2. The molecule has 0 aliphatic carbocycles. The number of piperidine rings is 2. The van der Waals surface area contributed by atoms with Crippen LogP contribution in [0, 0.1) is 12.8 Å². The lowest BCUT2D eigenvalue weighted by molar-refractivity contribution is 0.0333. The van der Waals surface area contributed by atoms with E-state index in [-0.39, 0.29) is 24.6 Å². The second kappa shape index (κ2) is 9.87. The topological polar surface area (TPSA) is 72.0 Å². The number of nitrogens with zero attached hydrogens (tertiary/aromatic N) is 3. The molecule has 7 heteroatoms. The Balaban J connectivity index is 1.59. The van der Waals surface area contributed by atoms with E-state index in [2.05, 4.69) is 4.98 Å². The van der Waals surface area contributed by atoms with Gasteiger partial charge < -0.3 is 19.3 Å². The van der Waals surface area contributed by atoms with Crippen LogP contribution in [0.25, 0.3) is 0 Å². The third-order valence-electron chi connectivity index (χ3n) is 5.77. The molecule has 2 aliphatic rings. The maximum absolute atomic E-state index is 13.1. The molecule has 28 heavy (non-hydrogen) atoms. The number of carbonyl (C=O) groups excluding carboxylic acids is 2. The van der Waals surface area contributed by atoms with Crippen molar-refractivity contribution >= 4 is 12.0 Å². The number of likely N-dealkylation sites (tertiary alicyclic amines) is 2. The monoisotopic (exact) mass is 389 g/mol. The molecule has 2 aliphatic heterocycles. The van der Waals surface area contributed by atoms with Crippen LogP contribution < -0.4 is 0 Å². The van der Waals surface area contributed by atoms with Gasteiger partial charge in [-0.2, -0.15) is 0 Å². The van der Waals surface area contributed by atoms with Crippen molar-refractivity contribution in [3.63, 3.8) is 0 Å². The average Bonchev–Trinajstić information content (AvgIpc) is 2.73. The van der Waals surface area contributed by atoms with E-state index in [1.165, 1.54) is 0 Å². The minimum Gasteiger partial charge on any atom is -0.447 e. The van der Waals surface area contributed by atoms with E-state index in [1.807, 2.05) is 24.0 Å². The van der Waals surface area contributed by atoms with Gasteiger partial charge in [-0.1, -0.05) is 6.07 Å². The Morgan fingerprint density at radius 2 is 1.89 bits per heavy atom. The van der Waals surface area contributed by atoms with Gasteiger partial charge in [0.05, 0.1) is 6.61 Å². The summed E-state index contributed by atoms with van der Waals surface area (Å²) in [5.41, 5.74) is 1.39. The molecule has 154 valence electrons. The summed E-state index contributed by atoms with van der Waals surface area (Å²) in [6, 6.07) is 5.84. The Morgan fingerprint density at radius 3 is 2.61 bits per heavy atom. The number of methoxy groups -OCH3 is 1. The summed E-state index contributed by atoms with van der Waals surface area (Å²) in [5.74, 6) is 0.451. The summed E-state index contributed by atoms with van der Waals surface area (Å²) < 4.78 is 10.1. The largest absolute Gasteiger partial charge is 0.447 e. The smallest absolute Gasteiger partial charge is 0.409 e. The summed E-state index contributed by atoms with van der Waals surface area (Å²) in [7, 11) is 1.59. The predicted molar refractivity (Wildman–Crippen MR) is 105 cm³/mol. The molecule has 7 nitrogen and oxygen atoms in total. The molecule has 0 saturated carbocycles. The minimum atomic E-state index is -0.268. The highest BCUT2D eigenvalue weighted by Crippen LogP contribution is 2.31. The fourth-order valence-corrected chi connectivity index (χ4v) is 4.28. The molecule has 1 unspecified atom stereocenters. The third-order valence-corrected chi connectivity index (χ3v) is 5.77. The molecular formula is C21H31N3O4. The number of pyridine rings is 1. The molecular weight excluding hydrogens is 358 g/mol. The van der Waals surface area contributed by atoms with Crippen LogP contribution in [-0.4, -0.2) is 72.8 Å². The third kappa shape index (κ3) is 5.01. The highest BCUT2D eigenvalue weighted by Gasteiger charge is 2.36. The second-order valence-electron chi connectivity index (χ2n) is 7.66. The van der Waals surface area contributed by atoms with Crippen molar-refractivity contribution in [1.82, 2.24) is 14.8 Å². The van der Waals surface area contributed by atoms with Gasteiger partial charge in [0.1, 0.15) is 12.3 Å². The molecule has 3 rings (SSSR count). The van der Waals surface area contributed by atoms with Crippen LogP contribution in [0.15, 0.2) is 18.2 Å². The first-order valence-electron chi connectivity index (χ1n) is 10.3. The molecule has 0 aromatic carbocycles. The van der Waals surface area contributed by atoms with Crippen molar-refractivity contribution in [2.75, 3.05) is 40.0 Å². The number of aromatic nitrogens is 1. The first kappa shape index (κ1) is 20.6. The zero-order valence-corrected chi connectivity index (χ0v) is 16.9. The van der Waals surface area contributed by atoms with Gasteiger partial charge in [0, 0.05) is 38.5 Å². The normalized spacial score (nSPS) is 20.9. The molecule has 3 heterocycles. The van der Waals surface area contributed by atoms with Gasteiger partial charge in [-0.05, 0) is 57.1 Å². The summed E-state index contributed by atoms with van der Waals surface area (Å²) >= 11 is 0. The zero-order chi connectivity index (χ0) is 19.9. The minimum absolute atomic E-state index is 0.0369. The Bertz CT molecular complexity index is 673. The summed E-state index contributed by atoms with van der Waals surface area (Å²) in [6.07, 6.45) is 4.74. The average molecular weight is 389 g/mol. The quantitative estimate of drug-likeness (QED) is 0.724. The van der Waals surface area contributed by atoms with Crippen LogP contribution in [0.5, 0.6) is 0 Å². The summed E-state index contributed by atoms with van der Waals surface area (Å²) in [6.45, 7) is 4.75. The maximum Gasteiger partial charge on any atom is 0.409 e. The first-order valence-corrected chi connectivity index (χ1v) is 10.3. The molecule has 2 amide bonds. The van der Waals surface area contributed by atoms with Crippen LogP contribution in [-0.2, 0) is 9.47 Å². The number of rotatable bonds is 5. The van der Waals surface area contributed by atoms with Crippen LogP contribution in [0.3, 0.4) is 0 Å².